The van der Waals surface area contributed by atoms with Crippen LogP contribution in [0.5, 0.6) is 0 Å². The summed E-state index contributed by atoms with van der Waals surface area (Å²) in [5.41, 5.74) is -0.889. The van der Waals surface area contributed by atoms with Crippen molar-refractivity contribution in [2.75, 3.05) is 16.8 Å². The fraction of sp³-hybridized carbons (Fsp3) is 0.636. The fourth-order valence-corrected chi connectivity index (χ4v) is 3.12. The summed E-state index contributed by atoms with van der Waals surface area (Å²) < 4.78 is 37.8. The molecule has 1 aliphatic rings. The Labute approximate surface area is 112 Å². The summed E-state index contributed by atoms with van der Waals surface area (Å²) in [6.07, 6.45) is -2.32. The SMILES string of the molecule is CC1CCN(c2nccc(C(F)(F)F)n2)C1CBr. The highest BCUT2D eigenvalue weighted by Crippen LogP contribution is 2.31. The Morgan fingerprint density at radius 1 is 1.50 bits per heavy atom. The minimum absolute atomic E-state index is 0.147. The van der Waals surface area contributed by atoms with Gasteiger partial charge >= 0.3 is 6.18 Å². The average molecular weight is 324 g/mol. The van der Waals surface area contributed by atoms with Gasteiger partial charge in [0.2, 0.25) is 5.95 Å². The summed E-state index contributed by atoms with van der Waals surface area (Å²) in [5, 5.41) is 0.702. The third-order valence-electron chi connectivity index (χ3n) is 3.23. The summed E-state index contributed by atoms with van der Waals surface area (Å²) in [4.78, 5) is 9.43. The molecule has 18 heavy (non-hydrogen) atoms. The van der Waals surface area contributed by atoms with E-state index in [0.29, 0.717) is 17.8 Å². The minimum Gasteiger partial charge on any atom is -0.337 e. The van der Waals surface area contributed by atoms with Gasteiger partial charge in [0.25, 0.3) is 0 Å². The van der Waals surface area contributed by atoms with Crippen molar-refractivity contribution in [1.29, 1.82) is 0 Å². The van der Waals surface area contributed by atoms with Crippen molar-refractivity contribution in [3.05, 3.63) is 18.0 Å². The lowest BCUT2D eigenvalue weighted by atomic mass is 10.1. The average Bonchev–Trinajstić information content (AvgIpc) is 2.69. The maximum absolute atomic E-state index is 12.6. The van der Waals surface area contributed by atoms with Gasteiger partial charge in [0, 0.05) is 24.1 Å². The van der Waals surface area contributed by atoms with Gasteiger partial charge in [-0.25, -0.2) is 9.97 Å². The van der Waals surface area contributed by atoms with Gasteiger partial charge in [0.05, 0.1) is 0 Å². The summed E-state index contributed by atoms with van der Waals surface area (Å²) in [6.45, 7) is 2.78. The molecule has 2 atom stereocenters. The van der Waals surface area contributed by atoms with Gasteiger partial charge in [-0.2, -0.15) is 13.2 Å². The smallest absolute Gasteiger partial charge is 0.337 e. The second-order valence-electron chi connectivity index (χ2n) is 4.42. The highest BCUT2D eigenvalue weighted by molar-refractivity contribution is 9.09. The van der Waals surface area contributed by atoms with E-state index in [4.69, 9.17) is 0 Å². The van der Waals surface area contributed by atoms with Crippen LogP contribution in [0.25, 0.3) is 0 Å². The lowest BCUT2D eigenvalue weighted by molar-refractivity contribution is -0.141. The molecule has 0 saturated carbocycles. The molecule has 0 aromatic carbocycles. The largest absolute Gasteiger partial charge is 0.433 e. The number of aromatic nitrogens is 2. The molecule has 1 saturated heterocycles. The van der Waals surface area contributed by atoms with E-state index in [0.717, 1.165) is 12.5 Å². The molecule has 0 bridgehead atoms. The zero-order chi connectivity index (χ0) is 13.3. The van der Waals surface area contributed by atoms with Crippen LogP contribution >= 0.6 is 15.9 Å². The van der Waals surface area contributed by atoms with E-state index in [-0.39, 0.29) is 12.0 Å². The number of hydrogen-bond acceptors (Lipinski definition) is 3. The molecule has 2 unspecified atom stereocenters. The zero-order valence-electron chi connectivity index (χ0n) is 9.78. The molecule has 2 rings (SSSR count). The lowest BCUT2D eigenvalue weighted by Crippen LogP contribution is -2.35. The maximum atomic E-state index is 12.6. The molecule has 3 nitrogen and oxygen atoms in total. The Kier molecular flexibility index (Phi) is 3.79. The molecule has 1 aromatic heterocycles. The molecule has 0 amide bonds. The Bertz CT molecular complexity index is 424. The normalized spacial score (nSPS) is 24.6. The number of halogens is 4. The highest BCUT2D eigenvalue weighted by atomic mass is 79.9. The zero-order valence-corrected chi connectivity index (χ0v) is 11.4. The van der Waals surface area contributed by atoms with E-state index in [1.54, 1.807) is 0 Å². The van der Waals surface area contributed by atoms with Gasteiger partial charge in [0.1, 0.15) is 5.69 Å². The Morgan fingerprint density at radius 2 is 2.22 bits per heavy atom. The number of alkyl halides is 4. The Morgan fingerprint density at radius 3 is 2.83 bits per heavy atom. The molecular weight excluding hydrogens is 311 g/mol. The van der Waals surface area contributed by atoms with E-state index in [1.165, 1.54) is 6.20 Å². The third kappa shape index (κ3) is 2.60. The molecular formula is C11H13BrF3N3. The standard InChI is InChI=1S/C11H13BrF3N3/c1-7-3-5-18(8(7)6-12)10-16-4-2-9(17-10)11(13,14)15/h2,4,7-8H,3,5-6H2,1H3. The quantitative estimate of drug-likeness (QED) is 0.783. The number of anilines is 1. The predicted octanol–water partition coefficient (Wildman–Crippen LogP) is 3.11. The Hall–Kier alpha value is -0.850. The predicted molar refractivity (Wildman–Crippen MR) is 65.7 cm³/mol. The fourth-order valence-electron chi connectivity index (χ4n) is 2.14. The number of rotatable bonds is 2. The van der Waals surface area contributed by atoms with Crippen molar-refractivity contribution >= 4 is 21.9 Å². The maximum Gasteiger partial charge on any atom is 0.433 e. The van der Waals surface area contributed by atoms with Crippen molar-refractivity contribution in [3.8, 4) is 0 Å². The van der Waals surface area contributed by atoms with Crippen molar-refractivity contribution < 1.29 is 13.2 Å². The van der Waals surface area contributed by atoms with Gasteiger partial charge in [-0.05, 0) is 18.4 Å². The molecule has 1 aromatic rings. The first-order valence-electron chi connectivity index (χ1n) is 5.66. The van der Waals surface area contributed by atoms with Crippen molar-refractivity contribution in [2.45, 2.75) is 25.6 Å². The summed E-state index contributed by atoms with van der Waals surface area (Å²) >= 11 is 3.39. The van der Waals surface area contributed by atoms with Crippen LogP contribution in [0.1, 0.15) is 19.0 Å². The van der Waals surface area contributed by atoms with Gasteiger partial charge in [-0.15, -0.1) is 0 Å². The molecule has 0 radical (unpaired) electrons. The molecule has 1 fully saturated rings. The van der Waals surface area contributed by atoms with Crippen molar-refractivity contribution in [2.24, 2.45) is 5.92 Å². The van der Waals surface area contributed by atoms with Crippen LogP contribution in [-0.4, -0.2) is 27.9 Å². The van der Waals surface area contributed by atoms with Crippen LogP contribution < -0.4 is 4.90 Å². The molecule has 7 heteroatoms. The first-order chi connectivity index (χ1) is 8.43. The van der Waals surface area contributed by atoms with Crippen LogP contribution in [0.2, 0.25) is 0 Å². The second kappa shape index (κ2) is 5.03. The van der Waals surface area contributed by atoms with Crippen LogP contribution in [0.4, 0.5) is 19.1 Å². The van der Waals surface area contributed by atoms with Crippen LogP contribution in [0, 0.1) is 5.92 Å². The lowest BCUT2D eigenvalue weighted by Gasteiger charge is -2.25. The molecule has 0 N–H and O–H groups in total. The van der Waals surface area contributed by atoms with Crippen molar-refractivity contribution in [3.63, 3.8) is 0 Å². The van der Waals surface area contributed by atoms with E-state index in [9.17, 15) is 13.2 Å². The monoisotopic (exact) mass is 323 g/mol. The minimum atomic E-state index is -4.42. The highest BCUT2D eigenvalue weighted by Gasteiger charge is 2.36. The number of nitrogens with zero attached hydrogens (tertiary/aromatic N) is 3. The summed E-state index contributed by atoms with van der Waals surface area (Å²) in [6, 6.07) is 1.04. The summed E-state index contributed by atoms with van der Waals surface area (Å²) in [7, 11) is 0. The number of hydrogen-bond donors (Lipinski definition) is 0. The molecule has 2 heterocycles. The first-order valence-corrected chi connectivity index (χ1v) is 6.78. The molecule has 1 aliphatic heterocycles. The Balaban J connectivity index is 2.29. The first kappa shape index (κ1) is 13.6. The van der Waals surface area contributed by atoms with Crippen LogP contribution in [-0.2, 0) is 6.18 Å². The molecule has 100 valence electrons. The van der Waals surface area contributed by atoms with E-state index in [2.05, 4.69) is 32.8 Å². The van der Waals surface area contributed by atoms with Crippen LogP contribution in [0.3, 0.4) is 0 Å². The van der Waals surface area contributed by atoms with Gasteiger partial charge in [-0.1, -0.05) is 22.9 Å². The van der Waals surface area contributed by atoms with E-state index in [1.807, 2.05) is 4.90 Å². The molecule has 0 aliphatic carbocycles. The van der Waals surface area contributed by atoms with Gasteiger partial charge in [0.15, 0.2) is 0 Å². The second-order valence-corrected chi connectivity index (χ2v) is 5.07. The summed E-state index contributed by atoms with van der Waals surface area (Å²) in [5.74, 6) is 0.584. The van der Waals surface area contributed by atoms with Crippen molar-refractivity contribution in [1.82, 2.24) is 9.97 Å². The topological polar surface area (TPSA) is 29.0 Å². The molecule has 0 spiro atoms. The van der Waals surface area contributed by atoms with E-state index >= 15 is 0 Å². The van der Waals surface area contributed by atoms with Gasteiger partial charge < -0.3 is 4.90 Å². The van der Waals surface area contributed by atoms with Crippen LogP contribution in [0.15, 0.2) is 12.3 Å². The van der Waals surface area contributed by atoms with Gasteiger partial charge in [-0.3, -0.25) is 0 Å². The third-order valence-corrected chi connectivity index (χ3v) is 3.89. The van der Waals surface area contributed by atoms with E-state index < -0.39 is 11.9 Å².